The van der Waals surface area contributed by atoms with Gasteiger partial charge in [-0.2, -0.15) is 0 Å². The zero-order valence-corrected chi connectivity index (χ0v) is 8.81. The highest BCUT2D eigenvalue weighted by Crippen LogP contribution is 1.98. The van der Waals surface area contributed by atoms with Crippen LogP contribution in [0, 0.1) is 0 Å². The lowest BCUT2D eigenvalue weighted by Gasteiger charge is -2.03. The van der Waals surface area contributed by atoms with Crippen molar-refractivity contribution in [2.45, 2.75) is 13.0 Å². The van der Waals surface area contributed by atoms with Crippen LogP contribution in [0.1, 0.15) is 11.3 Å². The molecular weight excluding hydrogens is 202 g/mol. The molecule has 16 heavy (non-hydrogen) atoms. The molecule has 4 heteroatoms. The lowest BCUT2D eigenvalue weighted by atomic mass is 10.2. The summed E-state index contributed by atoms with van der Waals surface area (Å²) in [7, 11) is 0. The topological polar surface area (TPSA) is 57.8 Å². The second kappa shape index (κ2) is 5.11. The molecule has 0 atom stereocenters. The Bertz CT molecular complexity index is 437. The van der Waals surface area contributed by atoms with Crippen LogP contribution in [0.5, 0.6) is 0 Å². The molecule has 82 valence electrons. The van der Waals surface area contributed by atoms with Crippen molar-refractivity contribution in [1.29, 1.82) is 0 Å². The maximum Gasteiger partial charge on any atom is 0.224 e. The van der Waals surface area contributed by atoms with Crippen molar-refractivity contribution in [2.24, 2.45) is 0 Å². The number of aromatic amines is 1. The van der Waals surface area contributed by atoms with Gasteiger partial charge >= 0.3 is 0 Å². The first-order valence-corrected chi connectivity index (χ1v) is 5.12. The van der Waals surface area contributed by atoms with Gasteiger partial charge in [-0.25, -0.2) is 0 Å². The number of carbonyl (C=O) groups is 1. The van der Waals surface area contributed by atoms with Crippen molar-refractivity contribution in [3.8, 4) is 0 Å². The van der Waals surface area contributed by atoms with E-state index in [2.05, 4.69) is 15.3 Å². The van der Waals surface area contributed by atoms with Gasteiger partial charge in [-0.05, 0) is 23.8 Å². The third-order valence-electron chi connectivity index (χ3n) is 2.23. The van der Waals surface area contributed by atoms with Crippen LogP contribution >= 0.6 is 0 Å². The molecule has 2 rings (SSSR count). The molecule has 0 saturated carbocycles. The minimum absolute atomic E-state index is 0.00241. The standard InChI is InChI=1S/C12H13N3O/c16-12(7-10-3-1-5-13-8-10)15-9-11-4-2-6-14-11/h1-6,8,14H,7,9H2,(H,15,16). The highest BCUT2D eigenvalue weighted by molar-refractivity contribution is 5.78. The van der Waals surface area contributed by atoms with E-state index in [0.29, 0.717) is 13.0 Å². The van der Waals surface area contributed by atoms with Crippen LogP contribution in [0.4, 0.5) is 0 Å². The monoisotopic (exact) mass is 215 g/mol. The van der Waals surface area contributed by atoms with Crippen molar-refractivity contribution in [3.05, 3.63) is 54.1 Å². The van der Waals surface area contributed by atoms with Crippen LogP contribution < -0.4 is 5.32 Å². The predicted octanol–water partition coefficient (Wildman–Crippen LogP) is 1.27. The molecule has 2 aromatic rings. The molecule has 2 aromatic heterocycles. The fourth-order valence-corrected chi connectivity index (χ4v) is 1.42. The van der Waals surface area contributed by atoms with Gasteiger partial charge in [-0.1, -0.05) is 6.07 Å². The molecule has 0 saturated heterocycles. The number of pyridine rings is 1. The first-order chi connectivity index (χ1) is 7.84. The molecular formula is C12H13N3O. The Morgan fingerprint density at radius 3 is 3.00 bits per heavy atom. The molecule has 4 nitrogen and oxygen atoms in total. The summed E-state index contributed by atoms with van der Waals surface area (Å²) in [5.41, 5.74) is 1.92. The van der Waals surface area contributed by atoms with E-state index in [0.717, 1.165) is 11.3 Å². The summed E-state index contributed by atoms with van der Waals surface area (Å²) in [5, 5.41) is 2.84. The second-order valence-corrected chi connectivity index (χ2v) is 3.51. The number of hydrogen-bond acceptors (Lipinski definition) is 2. The van der Waals surface area contributed by atoms with Gasteiger partial charge < -0.3 is 10.3 Å². The molecule has 0 unspecified atom stereocenters. The Labute approximate surface area is 93.7 Å². The summed E-state index contributed by atoms with van der Waals surface area (Å²) < 4.78 is 0. The summed E-state index contributed by atoms with van der Waals surface area (Å²) in [6.45, 7) is 0.534. The third kappa shape index (κ3) is 2.95. The summed E-state index contributed by atoms with van der Waals surface area (Å²) in [6, 6.07) is 7.56. The van der Waals surface area contributed by atoms with Gasteiger partial charge in [0, 0.05) is 24.3 Å². The molecule has 0 radical (unpaired) electrons. The number of carbonyl (C=O) groups excluding carboxylic acids is 1. The van der Waals surface area contributed by atoms with E-state index in [1.807, 2.05) is 30.5 Å². The average Bonchev–Trinajstić information content (AvgIpc) is 2.81. The van der Waals surface area contributed by atoms with Crippen molar-refractivity contribution in [3.63, 3.8) is 0 Å². The Kier molecular flexibility index (Phi) is 3.33. The largest absolute Gasteiger partial charge is 0.364 e. The number of hydrogen-bond donors (Lipinski definition) is 2. The Hall–Kier alpha value is -2.10. The minimum Gasteiger partial charge on any atom is -0.364 e. The molecule has 2 heterocycles. The molecule has 2 N–H and O–H groups in total. The first kappa shape index (κ1) is 10.4. The predicted molar refractivity (Wildman–Crippen MR) is 60.6 cm³/mol. The highest BCUT2D eigenvalue weighted by atomic mass is 16.1. The fourth-order valence-electron chi connectivity index (χ4n) is 1.42. The van der Waals surface area contributed by atoms with E-state index in [-0.39, 0.29) is 5.91 Å². The van der Waals surface area contributed by atoms with Crippen LogP contribution in [0.25, 0.3) is 0 Å². The summed E-state index contributed by atoms with van der Waals surface area (Å²) in [6.07, 6.45) is 5.60. The van der Waals surface area contributed by atoms with E-state index in [4.69, 9.17) is 0 Å². The third-order valence-corrected chi connectivity index (χ3v) is 2.23. The number of amides is 1. The van der Waals surface area contributed by atoms with Crippen LogP contribution in [0.2, 0.25) is 0 Å². The van der Waals surface area contributed by atoms with E-state index in [9.17, 15) is 4.79 Å². The minimum atomic E-state index is 0.00241. The molecule has 0 aliphatic rings. The SMILES string of the molecule is O=C(Cc1cccnc1)NCc1ccc[nH]1. The van der Waals surface area contributed by atoms with Crippen LogP contribution in [0.15, 0.2) is 42.9 Å². The lowest BCUT2D eigenvalue weighted by Crippen LogP contribution is -2.24. The maximum absolute atomic E-state index is 11.6. The van der Waals surface area contributed by atoms with Gasteiger partial charge in [0.05, 0.1) is 13.0 Å². The van der Waals surface area contributed by atoms with Gasteiger partial charge in [-0.15, -0.1) is 0 Å². The number of nitrogens with one attached hydrogen (secondary N) is 2. The molecule has 0 bridgehead atoms. The lowest BCUT2D eigenvalue weighted by molar-refractivity contribution is -0.120. The number of aromatic nitrogens is 2. The summed E-state index contributed by atoms with van der Waals surface area (Å²) in [5.74, 6) is 0.00241. The fraction of sp³-hybridized carbons (Fsp3) is 0.167. The smallest absolute Gasteiger partial charge is 0.224 e. The Morgan fingerprint density at radius 2 is 2.31 bits per heavy atom. The van der Waals surface area contributed by atoms with E-state index in [1.165, 1.54) is 0 Å². The van der Waals surface area contributed by atoms with Gasteiger partial charge in [0.25, 0.3) is 0 Å². The number of H-pyrrole nitrogens is 1. The molecule has 0 aliphatic carbocycles. The summed E-state index contributed by atoms with van der Waals surface area (Å²) >= 11 is 0. The van der Waals surface area contributed by atoms with Crippen molar-refractivity contribution >= 4 is 5.91 Å². The molecule has 1 amide bonds. The van der Waals surface area contributed by atoms with Gasteiger partial charge in [0.1, 0.15) is 0 Å². The van der Waals surface area contributed by atoms with Gasteiger partial charge in [-0.3, -0.25) is 9.78 Å². The van der Waals surface area contributed by atoms with Crippen LogP contribution in [0.3, 0.4) is 0 Å². The van der Waals surface area contributed by atoms with E-state index < -0.39 is 0 Å². The molecule has 0 aromatic carbocycles. The highest BCUT2D eigenvalue weighted by Gasteiger charge is 2.02. The normalized spacial score (nSPS) is 10.0. The zero-order chi connectivity index (χ0) is 11.2. The van der Waals surface area contributed by atoms with E-state index >= 15 is 0 Å². The Morgan fingerprint density at radius 1 is 1.38 bits per heavy atom. The van der Waals surface area contributed by atoms with Crippen LogP contribution in [-0.4, -0.2) is 15.9 Å². The molecule has 0 fully saturated rings. The van der Waals surface area contributed by atoms with Crippen molar-refractivity contribution < 1.29 is 4.79 Å². The second-order valence-electron chi connectivity index (χ2n) is 3.51. The quantitative estimate of drug-likeness (QED) is 0.806. The average molecular weight is 215 g/mol. The number of rotatable bonds is 4. The molecule has 0 aliphatic heterocycles. The maximum atomic E-state index is 11.6. The Balaban J connectivity index is 1.81. The number of nitrogens with zero attached hydrogens (tertiary/aromatic N) is 1. The van der Waals surface area contributed by atoms with Gasteiger partial charge in [0.2, 0.25) is 5.91 Å². The van der Waals surface area contributed by atoms with Gasteiger partial charge in [0.15, 0.2) is 0 Å². The summed E-state index contributed by atoms with van der Waals surface area (Å²) in [4.78, 5) is 18.5. The molecule has 0 spiro atoms. The van der Waals surface area contributed by atoms with Crippen LogP contribution in [-0.2, 0) is 17.8 Å². The zero-order valence-electron chi connectivity index (χ0n) is 8.81. The van der Waals surface area contributed by atoms with Crippen molar-refractivity contribution in [2.75, 3.05) is 0 Å². The van der Waals surface area contributed by atoms with E-state index in [1.54, 1.807) is 12.4 Å². The first-order valence-electron chi connectivity index (χ1n) is 5.12. The van der Waals surface area contributed by atoms with Crippen molar-refractivity contribution in [1.82, 2.24) is 15.3 Å².